The lowest BCUT2D eigenvalue weighted by molar-refractivity contribution is 0.660. The van der Waals surface area contributed by atoms with Gasteiger partial charge in [0.2, 0.25) is 0 Å². The molecule has 0 saturated heterocycles. The van der Waals surface area contributed by atoms with Gasteiger partial charge in [0.25, 0.3) is 0 Å². The first-order chi connectivity index (χ1) is 41.2. The fourth-order valence-electron chi connectivity index (χ4n) is 14.1. The predicted molar refractivity (Wildman–Crippen MR) is 355 cm³/mol. The van der Waals surface area contributed by atoms with E-state index in [1.165, 1.54) is 88.1 Å². The van der Waals surface area contributed by atoms with Gasteiger partial charge in [0, 0.05) is 77.9 Å². The van der Waals surface area contributed by atoms with Gasteiger partial charge in [-0.1, -0.05) is 198 Å². The minimum Gasteiger partial charge on any atom is -0.310 e. The zero-order chi connectivity index (χ0) is 56.3. The first-order valence-corrected chi connectivity index (χ1v) is 29.3. The van der Waals surface area contributed by atoms with Crippen LogP contribution in [-0.2, 0) is 10.8 Å². The highest BCUT2D eigenvalue weighted by atomic mass is 15.2. The molecular formula is C80H60N4. The Kier molecular flexibility index (Phi) is 11.2. The second kappa shape index (κ2) is 19.1. The van der Waals surface area contributed by atoms with Gasteiger partial charge < -0.3 is 18.9 Å². The van der Waals surface area contributed by atoms with Crippen LogP contribution in [0.1, 0.15) is 61.1 Å². The van der Waals surface area contributed by atoms with Gasteiger partial charge in [-0.25, -0.2) is 0 Å². The van der Waals surface area contributed by atoms with Crippen molar-refractivity contribution in [1.82, 2.24) is 9.13 Å². The number of anilines is 6. The van der Waals surface area contributed by atoms with E-state index in [2.05, 4.69) is 338 Å². The molecule has 0 saturated carbocycles. The van der Waals surface area contributed by atoms with Crippen LogP contribution in [0.15, 0.2) is 279 Å². The van der Waals surface area contributed by atoms with E-state index in [4.69, 9.17) is 0 Å². The number of nitrogens with zero attached hydrogens (tertiary/aromatic N) is 4. The maximum absolute atomic E-state index is 2.44. The van der Waals surface area contributed by atoms with E-state index in [1.54, 1.807) is 0 Å². The van der Waals surface area contributed by atoms with Gasteiger partial charge in [-0.2, -0.15) is 0 Å². The van der Waals surface area contributed by atoms with Gasteiger partial charge in [-0.3, -0.25) is 0 Å². The van der Waals surface area contributed by atoms with Crippen molar-refractivity contribution in [2.45, 2.75) is 38.5 Å². The Morgan fingerprint density at radius 2 is 0.583 bits per heavy atom. The summed E-state index contributed by atoms with van der Waals surface area (Å²) in [6.45, 7) is 9.45. The number of benzene rings is 12. The Morgan fingerprint density at radius 3 is 1.01 bits per heavy atom. The molecule has 16 rings (SSSR count). The average molecular weight is 1080 g/mol. The predicted octanol–water partition coefficient (Wildman–Crippen LogP) is 21.6. The molecule has 14 aromatic rings. The molecule has 2 aliphatic rings. The average Bonchev–Trinajstić information content (AvgIpc) is 2.19. The molecule has 2 aliphatic carbocycles. The third-order valence-corrected chi connectivity index (χ3v) is 18.3. The lowest BCUT2D eigenvalue weighted by atomic mass is 9.82. The number of hydrogen-bond acceptors (Lipinski definition) is 2. The van der Waals surface area contributed by atoms with E-state index in [0.29, 0.717) is 0 Å². The molecule has 0 spiro atoms. The largest absolute Gasteiger partial charge is 0.310 e. The molecule has 0 amide bonds. The summed E-state index contributed by atoms with van der Waals surface area (Å²) in [5.74, 6) is 0. The van der Waals surface area contributed by atoms with Crippen molar-refractivity contribution in [2.24, 2.45) is 0 Å². The van der Waals surface area contributed by atoms with Gasteiger partial charge in [-0.15, -0.1) is 0 Å². The summed E-state index contributed by atoms with van der Waals surface area (Å²) in [4.78, 5) is 4.87. The Hall–Kier alpha value is -10.4. The van der Waals surface area contributed by atoms with Crippen LogP contribution in [0.2, 0.25) is 0 Å². The molecule has 2 heterocycles. The first-order valence-electron chi connectivity index (χ1n) is 29.3. The molecule has 84 heavy (non-hydrogen) atoms. The molecule has 0 atom stereocenters. The van der Waals surface area contributed by atoms with Crippen LogP contribution in [0.3, 0.4) is 0 Å². The summed E-state index contributed by atoms with van der Waals surface area (Å²) in [5, 5.41) is 4.90. The topological polar surface area (TPSA) is 16.3 Å². The Morgan fingerprint density at radius 1 is 0.262 bits per heavy atom. The van der Waals surface area contributed by atoms with Crippen LogP contribution in [0.4, 0.5) is 34.1 Å². The summed E-state index contributed by atoms with van der Waals surface area (Å²) < 4.78 is 4.78. The number of rotatable bonds is 10. The van der Waals surface area contributed by atoms with Crippen LogP contribution < -0.4 is 9.80 Å². The zero-order valence-electron chi connectivity index (χ0n) is 47.5. The second-order valence-electron chi connectivity index (χ2n) is 23.8. The van der Waals surface area contributed by atoms with E-state index in [9.17, 15) is 0 Å². The molecule has 0 N–H and O–H groups in total. The maximum Gasteiger partial charge on any atom is 0.0542 e. The zero-order valence-corrected chi connectivity index (χ0v) is 47.5. The molecule has 12 aromatic carbocycles. The summed E-state index contributed by atoms with van der Waals surface area (Å²) in [5.41, 5.74) is 26.4. The van der Waals surface area contributed by atoms with E-state index < -0.39 is 0 Å². The van der Waals surface area contributed by atoms with Crippen LogP contribution in [0.5, 0.6) is 0 Å². The van der Waals surface area contributed by atoms with Crippen LogP contribution in [0, 0.1) is 0 Å². The smallest absolute Gasteiger partial charge is 0.0542 e. The standard InChI is InChI=1S/C80H60N4/c1-79(2)71-27-15-11-23-63(71)65-45-41-61(51-73(65)79)81(59-43-47-77-69(49-59)67-25-13-17-29-75(67)83(77)55-19-7-5-8-20-55)57-37-33-53(34-38-57)31-32-54-35-39-58(40-36-54)82(62-42-46-66-64-24-12-16-28-72(64)80(3,4)74(66)52-62)60-44-48-78-70(50-60)68-26-14-18-30-76(68)84(78)56-21-9-6-10-22-56/h5-52H,1-4H3. The van der Waals surface area contributed by atoms with Crippen molar-refractivity contribution in [3.05, 3.63) is 312 Å². The number of para-hydroxylation sites is 4. The monoisotopic (exact) mass is 1080 g/mol. The van der Waals surface area contributed by atoms with Gasteiger partial charge in [-0.05, 0) is 177 Å². The van der Waals surface area contributed by atoms with Gasteiger partial charge in [0.15, 0.2) is 0 Å². The lowest BCUT2D eigenvalue weighted by Crippen LogP contribution is -2.16. The van der Waals surface area contributed by atoms with Crippen molar-refractivity contribution in [1.29, 1.82) is 0 Å². The highest BCUT2D eigenvalue weighted by molar-refractivity contribution is 6.12. The number of fused-ring (bicyclic) bond motifs is 12. The van der Waals surface area contributed by atoms with Gasteiger partial charge in [0.05, 0.1) is 22.1 Å². The highest BCUT2D eigenvalue weighted by Gasteiger charge is 2.37. The number of hydrogen-bond donors (Lipinski definition) is 0. The van der Waals surface area contributed by atoms with E-state index in [0.717, 1.165) is 56.6 Å². The highest BCUT2D eigenvalue weighted by Crippen LogP contribution is 2.53. The Bertz CT molecular complexity index is 4630. The third kappa shape index (κ3) is 7.74. The molecule has 4 nitrogen and oxygen atoms in total. The normalized spacial score (nSPS) is 13.6. The van der Waals surface area contributed by atoms with E-state index in [1.807, 2.05) is 0 Å². The number of aromatic nitrogens is 2. The molecule has 2 aromatic heterocycles. The maximum atomic E-state index is 2.44. The minimum absolute atomic E-state index is 0.141. The molecule has 4 heteroatoms. The van der Waals surface area contributed by atoms with Crippen LogP contribution >= 0.6 is 0 Å². The Labute approximate surface area is 490 Å². The van der Waals surface area contributed by atoms with Crippen LogP contribution in [-0.4, -0.2) is 9.13 Å². The van der Waals surface area contributed by atoms with Crippen molar-refractivity contribution in [3.8, 4) is 33.6 Å². The summed E-state index contributed by atoms with van der Waals surface area (Å²) in [6.07, 6.45) is 4.47. The van der Waals surface area contributed by atoms with Crippen molar-refractivity contribution < 1.29 is 0 Å². The van der Waals surface area contributed by atoms with Crippen molar-refractivity contribution >= 4 is 89.9 Å². The quantitative estimate of drug-likeness (QED) is 0.127. The van der Waals surface area contributed by atoms with E-state index in [-0.39, 0.29) is 10.8 Å². The summed E-state index contributed by atoms with van der Waals surface area (Å²) in [7, 11) is 0. The van der Waals surface area contributed by atoms with E-state index >= 15 is 0 Å². The Balaban J connectivity index is 0.761. The molecule has 0 unspecified atom stereocenters. The molecule has 0 fully saturated rings. The molecule has 0 radical (unpaired) electrons. The summed E-state index contributed by atoms with van der Waals surface area (Å²) >= 11 is 0. The van der Waals surface area contributed by atoms with Gasteiger partial charge in [0.1, 0.15) is 0 Å². The van der Waals surface area contributed by atoms with Crippen molar-refractivity contribution in [3.63, 3.8) is 0 Å². The molecule has 400 valence electrons. The fourth-order valence-corrected chi connectivity index (χ4v) is 14.1. The van der Waals surface area contributed by atoms with Crippen molar-refractivity contribution in [2.75, 3.05) is 9.80 Å². The molecular weight excluding hydrogens is 1020 g/mol. The first kappa shape index (κ1) is 49.4. The van der Waals surface area contributed by atoms with Gasteiger partial charge >= 0.3 is 0 Å². The molecule has 0 bridgehead atoms. The third-order valence-electron chi connectivity index (χ3n) is 18.3. The molecule has 0 aliphatic heterocycles. The summed E-state index contributed by atoms with van der Waals surface area (Å²) in [6, 6.07) is 103. The fraction of sp³-hybridized carbons (Fsp3) is 0.0750. The SMILES string of the molecule is CC1(C)c2ccccc2-c2ccc(N(c3ccc(C=Cc4ccc(N(c5ccc6c(c5)C(C)(C)c5ccccc5-6)c5ccc6c(c5)c5ccccc5n6-c5ccccc5)cc4)cc3)c3ccc4c(c3)c3ccccc3n4-c3ccccc3)cc21. The minimum atomic E-state index is -0.141. The second-order valence-corrected chi connectivity index (χ2v) is 23.8. The lowest BCUT2D eigenvalue weighted by Gasteiger charge is -2.28. The van der Waals surface area contributed by atoms with Crippen LogP contribution in [0.25, 0.3) is 89.4 Å².